The molecule has 1 aliphatic rings. The van der Waals surface area contributed by atoms with Crippen molar-refractivity contribution in [2.24, 2.45) is 0 Å². The average molecular weight is 449 g/mol. The molecule has 0 saturated heterocycles. The summed E-state index contributed by atoms with van der Waals surface area (Å²) in [5, 5.41) is 11.4. The number of hydrogen-bond acceptors (Lipinski definition) is 8. The van der Waals surface area contributed by atoms with Crippen LogP contribution in [-0.4, -0.2) is 82.3 Å². The maximum atomic E-state index is 11.9. The summed E-state index contributed by atoms with van der Waals surface area (Å²) in [6.07, 6.45) is 7.66. The fourth-order valence-electron chi connectivity index (χ4n) is 2.97. The molecule has 2 N–H and O–H groups in total. The first-order valence-corrected chi connectivity index (χ1v) is 10.6. The fourth-order valence-corrected chi connectivity index (χ4v) is 3.13. The highest BCUT2D eigenvalue weighted by molar-refractivity contribution is 6.32. The first kappa shape index (κ1) is 22.8. The maximum absolute atomic E-state index is 11.9. The molecule has 0 aromatic carbocycles. The topological polar surface area (TPSA) is 100 Å². The van der Waals surface area contributed by atoms with Gasteiger partial charge in [-0.25, -0.2) is 4.98 Å². The maximum Gasteiger partial charge on any atom is 0.260 e. The van der Waals surface area contributed by atoms with E-state index in [0.717, 1.165) is 30.9 Å². The molecule has 0 atom stereocenters. The number of carbonyl (C=O) groups excluding carboxylic acids is 1. The van der Waals surface area contributed by atoms with Crippen LogP contribution in [0.5, 0.6) is 0 Å². The van der Waals surface area contributed by atoms with Gasteiger partial charge < -0.3 is 25.2 Å². The number of aromatic nitrogens is 4. The molecule has 31 heavy (non-hydrogen) atoms. The van der Waals surface area contributed by atoms with E-state index in [-0.39, 0.29) is 12.5 Å². The van der Waals surface area contributed by atoms with Crippen molar-refractivity contribution in [1.82, 2.24) is 29.5 Å². The lowest BCUT2D eigenvalue weighted by Gasteiger charge is -2.19. The normalized spacial score (nSPS) is 14.0. The fraction of sp³-hybridized carbons (Fsp3) is 0.500. The van der Waals surface area contributed by atoms with Gasteiger partial charge in [0.05, 0.1) is 30.4 Å². The largest absolute Gasteiger partial charge is 0.492 e. The molecule has 0 spiro atoms. The van der Waals surface area contributed by atoms with Crippen LogP contribution < -0.4 is 10.6 Å². The highest BCUT2D eigenvalue weighted by Crippen LogP contribution is 2.22. The molecule has 0 saturated carbocycles. The van der Waals surface area contributed by atoms with Crippen molar-refractivity contribution in [2.45, 2.75) is 19.9 Å². The van der Waals surface area contributed by atoms with Crippen LogP contribution in [0, 0.1) is 6.92 Å². The lowest BCUT2D eigenvalue weighted by atomic mass is 10.3. The molecule has 2 aromatic rings. The molecule has 0 bridgehead atoms. The van der Waals surface area contributed by atoms with E-state index in [1.54, 1.807) is 17.4 Å². The van der Waals surface area contributed by atoms with Gasteiger partial charge in [0.25, 0.3) is 5.91 Å². The van der Waals surface area contributed by atoms with E-state index in [1.165, 1.54) is 0 Å². The third kappa shape index (κ3) is 6.83. The van der Waals surface area contributed by atoms with Crippen molar-refractivity contribution in [1.29, 1.82) is 0 Å². The minimum Gasteiger partial charge on any atom is -0.492 e. The van der Waals surface area contributed by atoms with Crippen LogP contribution in [0.1, 0.15) is 12.1 Å². The van der Waals surface area contributed by atoms with E-state index in [2.05, 4.69) is 30.6 Å². The van der Waals surface area contributed by atoms with Gasteiger partial charge in [0, 0.05) is 32.4 Å². The van der Waals surface area contributed by atoms with Crippen molar-refractivity contribution in [3.05, 3.63) is 35.4 Å². The summed E-state index contributed by atoms with van der Waals surface area (Å²) < 4.78 is 6.99. The van der Waals surface area contributed by atoms with E-state index < -0.39 is 0 Å². The van der Waals surface area contributed by atoms with E-state index in [9.17, 15) is 4.79 Å². The van der Waals surface area contributed by atoms with Crippen LogP contribution in [0.25, 0.3) is 0 Å². The third-order valence-electron chi connectivity index (χ3n) is 4.69. The molecule has 0 radical (unpaired) electrons. The number of nitrogens with zero attached hydrogens (tertiary/aromatic N) is 6. The highest BCUT2D eigenvalue weighted by Gasteiger charge is 2.14. The van der Waals surface area contributed by atoms with Crippen LogP contribution >= 0.6 is 11.6 Å². The second kappa shape index (κ2) is 11.0. The van der Waals surface area contributed by atoms with Crippen molar-refractivity contribution in [3.8, 4) is 0 Å². The lowest BCUT2D eigenvalue weighted by molar-refractivity contribution is -0.133. The molecule has 1 amide bonds. The molecule has 0 unspecified atom stereocenters. The van der Waals surface area contributed by atoms with Gasteiger partial charge in [0.15, 0.2) is 6.61 Å². The molecule has 1 aliphatic heterocycles. The number of likely N-dealkylation sites (N-methyl/N-ethyl adjacent to an activating group) is 1. The van der Waals surface area contributed by atoms with Gasteiger partial charge in [0.2, 0.25) is 5.95 Å². The van der Waals surface area contributed by atoms with E-state index in [0.29, 0.717) is 36.4 Å². The smallest absolute Gasteiger partial charge is 0.260 e. The zero-order valence-corrected chi connectivity index (χ0v) is 18.9. The first-order valence-electron chi connectivity index (χ1n) is 10.2. The Hall–Kier alpha value is -2.85. The summed E-state index contributed by atoms with van der Waals surface area (Å²) in [5.74, 6) is 0.965. The van der Waals surface area contributed by atoms with Crippen molar-refractivity contribution >= 4 is 35.0 Å². The Morgan fingerprint density at radius 1 is 1.32 bits per heavy atom. The Bertz CT molecular complexity index is 915. The molecule has 0 fully saturated rings. The minimum absolute atomic E-state index is 0.0157. The van der Waals surface area contributed by atoms with Gasteiger partial charge in [-0.2, -0.15) is 10.1 Å². The van der Waals surface area contributed by atoms with Gasteiger partial charge in [-0.1, -0.05) is 11.6 Å². The predicted octanol–water partition coefficient (Wildman–Crippen LogP) is 2.11. The molecule has 3 rings (SSSR count). The van der Waals surface area contributed by atoms with Gasteiger partial charge >= 0.3 is 0 Å². The monoisotopic (exact) mass is 448 g/mol. The number of nitrogens with one attached hydrogen (secondary N) is 2. The number of aryl methyl sites for hydroxylation is 1. The Kier molecular flexibility index (Phi) is 8.07. The SMILES string of the molecule is Cc1nn(CCN(C)C)cc1Nc1ncc(Cl)c(NCCCN2CC=COCC2=O)n1. The van der Waals surface area contributed by atoms with Gasteiger partial charge in [0.1, 0.15) is 10.8 Å². The second-order valence-electron chi connectivity index (χ2n) is 7.51. The molecule has 3 heterocycles. The van der Waals surface area contributed by atoms with Crippen LogP contribution in [0.3, 0.4) is 0 Å². The van der Waals surface area contributed by atoms with Crippen molar-refractivity contribution < 1.29 is 9.53 Å². The summed E-state index contributed by atoms with van der Waals surface area (Å²) in [7, 11) is 4.06. The summed E-state index contributed by atoms with van der Waals surface area (Å²) in [5.41, 5.74) is 1.72. The Balaban J connectivity index is 1.54. The number of amides is 1. The Morgan fingerprint density at radius 2 is 2.16 bits per heavy atom. The van der Waals surface area contributed by atoms with E-state index >= 15 is 0 Å². The predicted molar refractivity (Wildman–Crippen MR) is 121 cm³/mol. The van der Waals surface area contributed by atoms with E-state index in [1.807, 2.05) is 38.0 Å². The Labute approximate surface area is 187 Å². The first-order chi connectivity index (χ1) is 14.9. The van der Waals surface area contributed by atoms with Crippen molar-refractivity contribution in [3.63, 3.8) is 0 Å². The number of halogens is 1. The summed E-state index contributed by atoms with van der Waals surface area (Å²) in [6, 6.07) is 0. The van der Waals surface area contributed by atoms with Gasteiger partial charge in [-0.05, 0) is 33.5 Å². The molecule has 2 aromatic heterocycles. The van der Waals surface area contributed by atoms with Gasteiger partial charge in [-0.15, -0.1) is 0 Å². The number of anilines is 3. The molecule has 10 nitrogen and oxygen atoms in total. The average Bonchev–Trinajstić information content (AvgIpc) is 2.94. The summed E-state index contributed by atoms with van der Waals surface area (Å²) >= 11 is 6.25. The molecule has 11 heteroatoms. The van der Waals surface area contributed by atoms with Crippen LogP contribution in [-0.2, 0) is 16.1 Å². The quantitative estimate of drug-likeness (QED) is 0.533. The summed E-state index contributed by atoms with van der Waals surface area (Å²) in [6.45, 7) is 5.52. The van der Waals surface area contributed by atoms with Crippen LogP contribution in [0.2, 0.25) is 5.02 Å². The highest BCUT2D eigenvalue weighted by atomic mass is 35.5. The van der Waals surface area contributed by atoms with Crippen LogP contribution in [0.4, 0.5) is 17.5 Å². The molecule has 168 valence electrons. The lowest BCUT2D eigenvalue weighted by Crippen LogP contribution is -2.34. The van der Waals surface area contributed by atoms with Crippen molar-refractivity contribution in [2.75, 3.05) is 57.5 Å². The Morgan fingerprint density at radius 3 is 2.97 bits per heavy atom. The molecule has 0 aliphatic carbocycles. The zero-order valence-electron chi connectivity index (χ0n) is 18.1. The number of ether oxygens (including phenoxy) is 1. The van der Waals surface area contributed by atoms with E-state index in [4.69, 9.17) is 16.3 Å². The zero-order chi connectivity index (χ0) is 22.2. The number of hydrogen-bond donors (Lipinski definition) is 2. The summed E-state index contributed by atoms with van der Waals surface area (Å²) in [4.78, 5) is 24.6. The van der Waals surface area contributed by atoms with Gasteiger partial charge in [-0.3, -0.25) is 9.48 Å². The second-order valence-corrected chi connectivity index (χ2v) is 7.92. The van der Waals surface area contributed by atoms with Crippen LogP contribution in [0.15, 0.2) is 24.7 Å². The number of rotatable bonds is 10. The molecular weight excluding hydrogens is 420 g/mol. The minimum atomic E-state index is -0.0157. The number of carbonyl (C=O) groups is 1. The standard InChI is InChI=1S/C20H29ClN8O2/c1-15-17(13-29(26-15)10-9-27(2)3)24-20-23-12-16(21)19(25-20)22-6-4-7-28-8-5-11-31-14-18(28)30/h5,11-13H,4,6-10,14H2,1-3H3,(H2,22,23,24,25). The third-order valence-corrected chi connectivity index (χ3v) is 4.96. The molecular formula is C20H29ClN8O2.